The van der Waals surface area contributed by atoms with Gasteiger partial charge in [0.15, 0.2) is 0 Å². The first kappa shape index (κ1) is 14.2. The summed E-state index contributed by atoms with van der Waals surface area (Å²) in [6.45, 7) is 0. The summed E-state index contributed by atoms with van der Waals surface area (Å²) in [5.41, 5.74) is 2.85. The third-order valence-corrected chi connectivity index (χ3v) is 2.61. The van der Waals surface area contributed by atoms with Crippen LogP contribution in [0.3, 0.4) is 0 Å². The molecule has 0 fully saturated rings. The third kappa shape index (κ3) is 3.43. The van der Waals surface area contributed by atoms with Crippen LogP contribution in [-0.2, 0) is 6.42 Å². The molecule has 1 heterocycles. The lowest BCUT2D eigenvalue weighted by molar-refractivity contribution is -0.386. The third-order valence-electron chi connectivity index (χ3n) is 2.61. The normalized spacial score (nSPS) is 9.71. The highest BCUT2D eigenvalue weighted by atomic mass is 16.6. The molecule has 3 N–H and O–H groups in total. The number of rotatable bonds is 5. The minimum atomic E-state index is -0.591. The van der Waals surface area contributed by atoms with Crippen molar-refractivity contribution in [3.63, 3.8) is 0 Å². The molecule has 0 bridgehead atoms. The average molecular weight is 285 g/mol. The predicted molar refractivity (Wildman–Crippen MR) is 74.5 cm³/mol. The second kappa shape index (κ2) is 6.31. The lowest BCUT2D eigenvalue weighted by Crippen LogP contribution is -2.09. The minimum Gasteiger partial charge on any atom is -0.434 e. The Bertz CT molecular complexity index is 694. The summed E-state index contributed by atoms with van der Waals surface area (Å²) in [5, 5.41) is 19.5. The summed E-state index contributed by atoms with van der Waals surface area (Å²) in [4.78, 5) is 14.3. The van der Waals surface area contributed by atoms with Crippen molar-refractivity contribution in [2.24, 2.45) is 5.84 Å². The first-order valence-corrected chi connectivity index (χ1v) is 5.90. The van der Waals surface area contributed by atoms with Gasteiger partial charge in [0.25, 0.3) is 0 Å². The van der Waals surface area contributed by atoms with E-state index in [4.69, 9.17) is 15.8 Å². The number of aromatic nitrogens is 1. The van der Waals surface area contributed by atoms with E-state index >= 15 is 0 Å². The van der Waals surface area contributed by atoms with Crippen molar-refractivity contribution in [1.29, 1.82) is 5.26 Å². The Morgan fingerprint density at radius 1 is 1.33 bits per heavy atom. The van der Waals surface area contributed by atoms with Crippen LogP contribution in [0, 0.1) is 21.4 Å². The summed E-state index contributed by atoms with van der Waals surface area (Å²) in [7, 11) is 0. The largest absolute Gasteiger partial charge is 0.434 e. The highest BCUT2D eigenvalue weighted by molar-refractivity contribution is 5.50. The van der Waals surface area contributed by atoms with Crippen molar-refractivity contribution >= 4 is 11.5 Å². The molecule has 21 heavy (non-hydrogen) atoms. The van der Waals surface area contributed by atoms with Crippen molar-refractivity contribution in [1.82, 2.24) is 4.98 Å². The number of nitriles is 1. The topological polar surface area (TPSA) is 127 Å². The lowest BCUT2D eigenvalue weighted by Gasteiger charge is -2.07. The van der Waals surface area contributed by atoms with Crippen molar-refractivity contribution in [3.8, 4) is 17.7 Å². The zero-order valence-corrected chi connectivity index (χ0v) is 10.8. The van der Waals surface area contributed by atoms with Crippen LogP contribution in [0.4, 0.5) is 11.5 Å². The van der Waals surface area contributed by atoms with Crippen molar-refractivity contribution < 1.29 is 9.66 Å². The Morgan fingerprint density at radius 2 is 2.05 bits per heavy atom. The molecule has 0 unspecified atom stereocenters. The molecule has 1 aromatic carbocycles. The summed E-state index contributed by atoms with van der Waals surface area (Å²) in [6.07, 6.45) is 0.283. The molecule has 0 atom stereocenters. The maximum Gasteiger partial charge on any atom is 0.331 e. The number of nitrogens with two attached hydrogens (primary N) is 1. The van der Waals surface area contributed by atoms with E-state index in [0.717, 1.165) is 5.56 Å². The number of anilines is 1. The highest BCUT2D eigenvalue weighted by Gasteiger charge is 2.18. The maximum absolute atomic E-state index is 10.9. The second-order valence-electron chi connectivity index (χ2n) is 4.00. The maximum atomic E-state index is 10.9. The van der Waals surface area contributed by atoms with Crippen LogP contribution in [0.5, 0.6) is 11.6 Å². The van der Waals surface area contributed by atoms with Crippen LogP contribution in [0.1, 0.15) is 5.56 Å². The number of nitrogens with zero attached hydrogens (tertiary/aromatic N) is 3. The fraction of sp³-hybridized carbons (Fsp3) is 0.0769. The number of benzene rings is 1. The first-order valence-electron chi connectivity index (χ1n) is 5.90. The quantitative estimate of drug-likeness (QED) is 0.489. The summed E-state index contributed by atoms with van der Waals surface area (Å²) in [6, 6.07) is 11.3. The molecule has 0 aliphatic rings. The van der Waals surface area contributed by atoms with Crippen LogP contribution in [0.25, 0.3) is 0 Å². The van der Waals surface area contributed by atoms with Crippen molar-refractivity contribution in [2.45, 2.75) is 6.42 Å². The van der Waals surface area contributed by atoms with Gasteiger partial charge in [-0.3, -0.25) is 10.1 Å². The number of nitro groups is 1. The molecule has 2 rings (SSSR count). The number of hydrogen-bond donors (Lipinski definition) is 2. The van der Waals surface area contributed by atoms with E-state index in [2.05, 4.69) is 10.4 Å². The number of hydrazine groups is 1. The molecule has 0 saturated carbocycles. The van der Waals surface area contributed by atoms with Crippen LogP contribution in [0.2, 0.25) is 0 Å². The number of nitrogen functional groups attached to an aromatic ring is 1. The zero-order valence-electron chi connectivity index (χ0n) is 10.8. The van der Waals surface area contributed by atoms with E-state index in [1.807, 2.05) is 6.07 Å². The van der Waals surface area contributed by atoms with Gasteiger partial charge in [-0.05, 0) is 23.8 Å². The molecule has 0 saturated heterocycles. The molecular weight excluding hydrogens is 274 g/mol. The second-order valence-corrected chi connectivity index (χ2v) is 4.00. The molecule has 8 nitrogen and oxygen atoms in total. The molecule has 1 aromatic heterocycles. The van der Waals surface area contributed by atoms with Gasteiger partial charge in [0.05, 0.1) is 17.4 Å². The molecule has 0 aliphatic heterocycles. The SMILES string of the molecule is N#CCc1ccc(Oc2nc(NN)ccc2[N+](=O)[O-])cc1. The van der Waals surface area contributed by atoms with Gasteiger partial charge in [0.1, 0.15) is 11.6 Å². The molecule has 0 spiro atoms. The number of ether oxygens (including phenoxy) is 1. The van der Waals surface area contributed by atoms with E-state index in [0.29, 0.717) is 5.75 Å². The van der Waals surface area contributed by atoms with Gasteiger partial charge >= 0.3 is 11.6 Å². The van der Waals surface area contributed by atoms with Crippen molar-refractivity contribution in [2.75, 3.05) is 5.43 Å². The molecule has 2 aromatic rings. The smallest absolute Gasteiger partial charge is 0.331 e. The van der Waals surface area contributed by atoms with Gasteiger partial charge < -0.3 is 10.2 Å². The van der Waals surface area contributed by atoms with Crippen LogP contribution in [-0.4, -0.2) is 9.91 Å². The Morgan fingerprint density at radius 3 is 2.62 bits per heavy atom. The summed E-state index contributed by atoms with van der Waals surface area (Å²) < 4.78 is 5.42. The monoisotopic (exact) mass is 285 g/mol. The van der Waals surface area contributed by atoms with Gasteiger partial charge in [-0.15, -0.1) is 0 Å². The van der Waals surface area contributed by atoms with E-state index in [-0.39, 0.29) is 23.8 Å². The molecule has 0 aliphatic carbocycles. The van der Waals surface area contributed by atoms with Gasteiger partial charge in [0.2, 0.25) is 0 Å². The standard InChI is InChI=1S/C13H11N5O3/c14-8-7-9-1-3-10(4-2-9)21-13-11(18(19)20)5-6-12(16-13)17-15/h1-6H,7,15H2,(H,16,17). The molecular formula is C13H11N5O3. The average Bonchev–Trinajstić information content (AvgIpc) is 2.49. The molecule has 0 amide bonds. The molecule has 8 heteroatoms. The van der Waals surface area contributed by atoms with Gasteiger partial charge in [-0.2, -0.15) is 10.2 Å². The summed E-state index contributed by atoms with van der Waals surface area (Å²) in [5.74, 6) is 5.68. The predicted octanol–water partition coefficient (Wildman–Crippen LogP) is 2.13. The molecule has 0 radical (unpaired) electrons. The number of hydrogen-bond acceptors (Lipinski definition) is 7. The first-order chi connectivity index (χ1) is 10.1. The van der Waals surface area contributed by atoms with E-state index in [1.165, 1.54) is 12.1 Å². The highest BCUT2D eigenvalue weighted by Crippen LogP contribution is 2.30. The molecule has 106 valence electrons. The van der Waals surface area contributed by atoms with Gasteiger partial charge in [0, 0.05) is 6.07 Å². The summed E-state index contributed by atoms with van der Waals surface area (Å²) >= 11 is 0. The Balaban J connectivity index is 2.29. The fourth-order valence-electron chi connectivity index (χ4n) is 1.61. The Hall–Kier alpha value is -3.18. The van der Waals surface area contributed by atoms with Crippen LogP contribution >= 0.6 is 0 Å². The van der Waals surface area contributed by atoms with Crippen molar-refractivity contribution in [3.05, 3.63) is 52.1 Å². The number of pyridine rings is 1. The minimum absolute atomic E-state index is 0.163. The number of nitrogens with one attached hydrogen (secondary N) is 1. The Labute approximate surface area is 119 Å². The lowest BCUT2D eigenvalue weighted by atomic mass is 10.2. The van der Waals surface area contributed by atoms with Crippen LogP contribution in [0.15, 0.2) is 36.4 Å². The Kier molecular flexibility index (Phi) is 4.28. The van der Waals surface area contributed by atoms with Crippen LogP contribution < -0.4 is 16.0 Å². The van der Waals surface area contributed by atoms with Gasteiger partial charge in [-0.25, -0.2) is 5.84 Å². The fourth-order valence-corrected chi connectivity index (χ4v) is 1.61. The van der Waals surface area contributed by atoms with E-state index in [9.17, 15) is 10.1 Å². The zero-order chi connectivity index (χ0) is 15.2. The van der Waals surface area contributed by atoms with E-state index < -0.39 is 4.92 Å². The van der Waals surface area contributed by atoms with Gasteiger partial charge in [-0.1, -0.05) is 12.1 Å². The van der Waals surface area contributed by atoms with E-state index in [1.54, 1.807) is 24.3 Å².